The molecule has 0 saturated carbocycles. The topological polar surface area (TPSA) is 35.5 Å². The zero-order valence-corrected chi connectivity index (χ0v) is 11.2. The van der Waals surface area contributed by atoms with E-state index in [4.69, 9.17) is 9.47 Å². The number of ketones is 1. The second-order valence-corrected chi connectivity index (χ2v) is 4.07. The normalized spacial score (nSPS) is 11.7. The molecule has 0 N–H and O–H groups in total. The van der Waals surface area contributed by atoms with Crippen molar-refractivity contribution < 1.29 is 14.3 Å². The van der Waals surface area contributed by atoms with Crippen molar-refractivity contribution in [1.29, 1.82) is 0 Å². The Morgan fingerprint density at radius 2 is 2.22 bits per heavy atom. The summed E-state index contributed by atoms with van der Waals surface area (Å²) in [7, 11) is 0. The van der Waals surface area contributed by atoms with Crippen LogP contribution in [-0.4, -0.2) is 18.5 Å². The molecule has 0 fully saturated rings. The molecule has 0 aliphatic carbocycles. The number of carbonyl (C=O) groups is 1. The first-order valence-corrected chi connectivity index (χ1v) is 6.12. The molecule has 0 heterocycles. The van der Waals surface area contributed by atoms with Crippen LogP contribution < -0.4 is 9.47 Å². The molecule has 0 aliphatic heterocycles. The van der Waals surface area contributed by atoms with Gasteiger partial charge in [0.2, 0.25) is 0 Å². The number of Topliss-reactive ketones (excluding diaryl/α,β-unsaturated/α-hetero) is 1. The van der Waals surface area contributed by atoms with E-state index < -0.39 is 6.10 Å². The SMILES string of the molecule is C=CCc1cc(OCC)ccc1OC(C)C(C)=O. The fourth-order valence-corrected chi connectivity index (χ4v) is 1.52. The first kappa shape index (κ1) is 14.3. The Morgan fingerprint density at radius 3 is 2.78 bits per heavy atom. The molecule has 0 aliphatic rings. The van der Waals surface area contributed by atoms with Crippen molar-refractivity contribution >= 4 is 5.78 Å². The minimum absolute atomic E-state index is 0.00781. The molecule has 0 spiro atoms. The van der Waals surface area contributed by atoms with Crippen LogP contribution in [0.15, 0.2) is 30.9 Å². The number of hydrogen-bond donors (Lipinski definition) is 0. The van der Waals surface area contributed by atoms with Gasteiger partial charge in [-0.25, -0.2) is 0 Å². The Bertz CT molecular complexity index is 424. The quantitative estimate of drug-likeness (QED) is 0.695. The Hall–Kier alpha value is -1.77. The van der Waals surface area contributed by atoms with Crippen molar-refractivity contribution in [3.8, 4) is 11.5 Å². The summed E-state index contributed by atoms with van der Waals surface area (Å²) in [6.07, 6.45) is 2.04. The van der Waals surface area contributed by atoms with Gasteiger partial charge in [-0.05, 0) is 45.4 Å². The summed E-state index contributed by atoms with van der Waals surface area (Å²) in [6.45, 7) is 9.55. The van der Waals surface area contributed by atoms with Crippen molar-refractivity contribution in [2.24, 2.45) is 0 Å². The molecule has 0 radical (unpaired) electrons. The van der Waals surface area contributed by atoms with E-state index in [0.717, 1.165) is 11.3 Å². The van der Waals surface area contributed by atoms with Crippen LogP contribution in [-0.2, 0) is 11.2 Å². The van der Waals surface area contributed by atoms with Gasteiger partial charge in [0.05, 0.1) is 6.61 Å². The Labute approximate surface area is 108 Å². The Balaban J connectivity index is 2.95. The average Bonchev–Trinajstić information content (AvgIpc) is 2.33. The Kier molecular flexibility index (Phi) is 5.43. The highest BCUT2D eigenvalue weighted by molar-refractivity contribution is 5.80. The van der Waals surface area contributed by atoms with Crippen LogP contribution in [0, 0.1) is 0 Å². The van der Waals surface area contributed by atoms with Crippen molar-refractivity contribution in [2.75, 3.05) is 6.61 Å². The predicted octanol–water partition coefficient (Wildman–Crippen LogP) is 3.17. The van der Waals surface area contributed by atoms with Gasteiger partial charge < -0.3 is 9.47 Å². The lowest BCUT2D eigenvalue weighted by Crippen LogP contribution is -2.21. The summed E-state index contributed by atoms with van der Waals surface area (Å²) in [5, 5.41) is 0. The third-order valence-electron chi connectivity index (χ3n) is 2.58. The second-order valence-electron chi connectivity index (χ2n) is 4.07. The fourth-order valence-electron chi connectivity index (χ4n) is 1.52. The van der Waals surface area contributed by atoms with Crippen molar-refractivity contribution in [3.05, 3.63) is 36.4 Å². The van der Waals surface area contributed by atoms with E-state index in [0.29, 0.717) is 18.8 Å². The van der Waals surface area contributed by atoms with Gasteiger partial charge in [0.1, 0.15) is 11.5 Å². The molecule has 0 amide bonds. The highest BCUT2D eigenvalue weighted by Gasteiger charge is 2.12. The molecule has 1 aromatic carbocycles. The summed E-state index contributed by atoms with van der Waals surface area (Å²) in [5.41, 5.74) is 0.976. The molecule has 0 aromatic heterocycles. The van der Waals surface area contributed by atoms with Crippen molar-refractivity contribution in [3.63, 3.8) is 0 Å². The van der Waals surface area contributed by atoms with Gasteiger partial charge in [0, 0.05) is 5.56 Å². The van der Waals surface area contributed by atoms with Gasteiger partial charge in [-0.15, -0.1) is 6.58 Å². The van der Waals surface area contributed by atoms with Crippen LogP contribution in [0.2, 0.25) is 0 Å². The van der Waals surface area contributed by atoms with Gasteiger partial charge in [0.25, 0.3) is 0 Å². The fraction of sp³-hybridized carbons (Fsp3) is 0.400. The number of allylic oxidation sites excluding steroid dienone is 1. The molecular formula is C15H20O3. The first-order chi connectivity index (χ1) is 8.58. The molecular weight excluding hydrogens is 228 g/mol. The number of ether oxygens (including phenoxy) is 2. The minimum atomic E-state index is -0.438. The molecule has 3 heteroatoms. The summed E-state index contributed by atoms with van der Waals surface area (Å²) in [5.74, 6) is 1.52. The van der Waals surface area contributed by atoms with Crippen LogP contribution in [0.1, 0.15) is 26.3 Å². The van der Waals surface area contributed by atoms with Crippen molar-refractivity contribution in [2.45, 2.75) is 33.3 Å². The minimum Gasteiger partial charge on any atom is -0.494 e. The number of hydrogen-bond acceptors (Lipinski definition) is 3. The molecule has 0 saturated heterocycles. The molecule has 3 nitrogen and oxygen atoms in total. The van der Waals surface area contributed by atoms with Crippen LogP contribution in [0.5, 0.6) is 11.5 Å². The lowest BCUT2D eigenvalue weighted by atomic mass is 10.1. The standard InChI is InChI=1S/C15H20O3/c1-5-7-13-10-14(17-6-2)8-9-15(13)18-12(4)11(3)16/h5,8-10,12H,1,6-7H2,2-4H3. The number of carbonyl (C=O) groups excluding carboxylic acids is 1. The van der Waals surface area contributed by atoms with E-state index in [1.54, 1.807) is 13.0 Å². The average molecular weight is 248 g/mol. The van der Waals surface area contributed by atoms with E-state index in [1.165, 1.54) is 6.92 Å². The summed E-state index contributed by atoms with van der Waals surface area (Å²) >= 11 is 0. The number of rotatable bonds is 7. The van der Waals surface area contributed by atoms with Crippen LogP contribution in [0.3, 0.4) is 0 Å². The lowest BCUT2D eigenvalue weighted by Gasteiger charge is -2.16. The van der Waals surface area contributed by atoms with Crippen LogP contribution >= 0.6 is 0 Å². The molecule has 18 heavy (non-hydrogen) atoms. The van der Waals surface area contributed by atoms with Gasteiger partial charge in [-0.3, -0.25) is 4.79 Å². The zero-order chi connectivity index (χ0) is 13.5. The van der Waals surface area contributed by atoms with Crippen molar-refractivity contribution in [1.82, 2.24) is 0 Å². The Morgan fingerprint density at radius 1 is 1.50 bits per heavy atom. The molecule has 0 bridgehead atoms. The molecule has 1 aromatic rings. The molecule has 1 unspecified atom stereocenters. The van der Waals surface area contributed by atoms with E-state index in [9.17, 15) is 4.79 Å². The van der Waals surface area contributed by atoms with E-state index in [-0.39, 0.29) is 5.78 Å². The largest absolute Gasteiger partial charge is 0.494 e. The van der Waals surface area contributed by atoms with Gasteiger partial charge in [-0.2, -0.15) is 0 Å². The third-order valence-corrected chi connectivity index (χ3v) is 2.58. The summed E-state index contributed by atoms with van der Waals surface area (Å²) < 4.78 is 11.1. The highest BCUT2D eigenvalue weighted by Crippen LogP contribution is 2.26. The van der Waals surface area contributed by atoms with Gasteiger partial charge in [0.15, 0.2) is 11.9 Å². The van der Waals surface area contributed by atoms with Gasteiger partial charge in [-0.1, -0.05) is 6.08 Å². The highest BCUT2D eigenvalue weighted by atomic mass is 16.5. The maximum Gasteiger partial charge on any atom is 0.169 e. The monoisotopic (exact) mass is 248 g/mol. The molecule has 98 valence electrons. The first-order valence-electron chi connectivity index (χ1n) is 6.12. The van der Waals surface area contributed by atoms with Crippen LogP contribution in [0.25, 0.3) is 0 Å². The summed E-state index contributed by atoms with van der Waals surface area (Å²) in [6, 6.07) is 5.61. The maximum absolute atomic E-state index is 11.2. The molecule has 1 atom stereocenters. The summed E-state index contributed by atoms with van der Waals surface area (Å²) in [4.78, 5) is 11.2. The lowest BCUT2D eigenvalue weighted by molar-refractivity contribution is -0.122. The predicted molar refractivity (Wildman–Crippen MR) is 72.3 cm³/mol. The number of benzene rings is 1. The molecule has 1 rings (SSSR count). The van der Waals surface area contributed by atoms with Gasteiger partial charge >= 0.3 is 0 Å². The second kappa shape index (κ2) is 6.84. The van der Waals surface area contributed by atoms with E-state index >= 15 is 0 Å². The van der Waals surface area contributed by atoms with E-state index in [1.807, 2.05) is 25.1 Å². The smallest absolute Gasteiger partial charge is 0.169 e. The third kappa shape index (κ3) is 3.91. The van der Waals surface area contributed by atoms with Crippen LogP contribution in [0.4, 0.5) is 0 Å². The maximum atomic E-state index is 11.2. The zero-order valence-electron chi connectivity index (χ0n) is 11.2. The van der Waals surface area contributed by atoms with E-state index in [2.05, 4.69) is 6.58 Å².